The number of para-hydroxylation sites is 1. The predicted molar refractivity (Wildman–Crippen MR) is 262 cm³/mol. The van der Waals surface area contributed by atoms with E-state index >= 15 is 0 Å². The molecular weight excluding hydrogens is 923 g/mol. The zero-order valence-corrected chi connectivity index (χ0v) is 41.8. The number of sulfonamides is 1. The number of carbonyl (C=O) groups is 5. The zero-order chi connectivity index (χ0) is 51.3. The second-order valence-corrected chi connectivity index (χ2v) is 19.1. The number of nitrogens with zero attached hydrogens (tertiary/aromatic N) is 1. The van der Waals surface area contributed by atoms with Gasteiger partial charge in [-0.3, -0.25) is 19.4 Å². The summed E-state index contributed by atoms with van der Waals surface area (Å²) in [6.07, 6.45) is -1.38. The number of rotatable bonds is 21. The number of esters is 1. The molecule has 19 nitrogen and oxygen atoms in total. The number of carbonyl (C=O) groups excluding carboxylic acids is 5. The van der Waals surface area contributed by atoms with Crippen molar-refractivity contribution in [2.45, 2.75) is 95.8 Å². The lowest BCUT2D eigenvalue weighted by Gasteiger charge is -2.24. The maximum atomic E-state index is 13.8. The molecule has 0 saturated heterocycles. The van der Waals surface area contributed by atoms with Crippen molar-refractivity contribution in [3.63, 3.8) is 0 Å². The summed E-state index contributed by atoms with van der Waals surface area (Å²) in [7, 11) is 0.275. The summed E-state index contributed by atoms with van der Waals surface area (Å²) >= 11 is 0. The van der Waals surface area contributed by atoms with Crippen LogP contribution in [0.5, 0.6) is 17.2 Å². The first-order valence-electron chi connectivity index (χ1n) is 22.5. The summed E-state index contributed by atoms with van der Waals surface area (Å²) < 4.78 is 56.5. The summed E-state index contributed by atoms with van der Waals surface area (Å²) in [5.74, 6) is -2.39. The molecule has 0 unspecified atom stereocenters. The van der Waals surface area contributed by atoms with Crippen LogP contribution in [0.25, 0.3) is 11.1 Å². The fourth-order valence-electron chi connectivity index (χ4n) is 8.06. The van der Waals surface area contributed by atoms with Crippen molar-refractivity contribution in [1.82, 2.24) is 26.0 Å². The number of alkyl carbamates (subject to hydrolysis) is 1. The lowest BCUT2D eigenvalue weighted by molar-refractivity contribution is -0.159. The molecule has 0 aromatic heterocycles. The summed E-state index contributed by atoms with van der Waals surface area (Å²) in [5, 5.41) is 10.3. The number of aryl methyl sites for hydroxylation is 1. The summed E-state index contributed by atoms with van der Waals surface area (Å²) in [5.41, 5.74) is 11.2. The van der Waals surface area contributed by atoms with E-state index in [4.69, 9.17) is 29.4 Å². The number of nitrogens with two attached hydrogens (primary N) is 1. The Hall–Kier alpha value is -7.35. The maximum Gasteiger partial charge on any atom is 0.407 e. The highest BCUT2D eigenvalue weighted by Crippen LogP contribution is 2.44. The Morgan fingerprint density at radius 1 is 0.771 bits per heavy atom. The van der Waals surface area contributed by atoms with Gasteiger partial charge in [0.15, 0.2) is 11.5 Å². The average Bonchev–Trinajstić information content (AvgIpc) is 3.63. The molecule has 20 heteroatoms. The van der Waals surface area contributed by atoms with Gasteiger partial charge in [0.05, 0.1) is 39.2 Å². The number of ether oxygens (including phenoxy) is 5. The number of fused-ring (bicyclic) bond motifs is 3. The third-order valence-electron chi connectivity index (χ3n) is 11.4. The van der Waals surface area contributed by atoms with Crippen LogP contribution in [-0.4, -0.2) is 103 Å². The fraction of sp³-hybridized carbons (Fsp3) is 0.400. The molecule has 4 aromatic rings. The van der Waals surface area contributed by atoms with Gasteiger partial charge in [-0.2, -0.15) is 0 Å². The highest BCUT2D eigenvalue weighted by atomic mass is 32.2. The van der Waals surface area contributed by atoms with Gasteiger partial charge in [-0.1, -0.05) is 60.7 Å². The number of hydrogen-bond donors (Lipinski definition) is 6. The highest BCUT2D eigenvalue weighted by molar-refractivity contribution is 7.90. The number of guanidine groups is 1. The molecule has 0 heterocycles. The van der Waals surface area contributed by atoms with Crippen LogP contribution in [-0.2, 0) is 45.2 Å². The van der Waals surface area contributed by atoms with E-state index < -0.39 is 76.4 Å². The lowest BCUT2D eigenvalue weighted by atomic mass is 9.98. The first kappa shape index (κ1) is 53.6. The van der Waals surface area contributed by atoms with Gasteiger partial charge < -0.3 is 50.7 Å². The third kappa shape index (κ3) is 13.9. The van der Waals surface area contributed by atoms with Gasteiger partial charge in [-0.15, -0.1) is 0 Å². The molecule has 0 saturated carbocycles. The molecule has 4 amide bonds. The molecule has 2 atom stereocenters. The number of nitrogens with one attached hydrogen (secondary N) is 5. The molecule has 4 aromatic carbocycles. The van der Waals surface area contributed by atoms with Crippen LogP contribution in [0.15, 0.2) is 82.7 Å². The summed E-state index contributed by atoms with van der Waals surface area (Å²) in [4.78, 5) is 71.3. The largest absolute Gasteiger partial charge is 0.496 e. The van der Waals surface area contributed by atoms with Gasteiger partial charge in [-0.05, 0) is 105 Å². The molecule has 0 spiro atoms. The fourth-order valence-corrected chi connectivity index (χ4v) is 9.54. The van der Waals surface area contributed by atoms with Crippen LogP contribution in [0.3, 0.4) is 0 Å². The minimum Gasteiger partial charge on any atom is -0.496 e. The number of hydrogen-bond acceptors (Lipinski definition) is 13. The van der Waals surface area contributed by atoms with Gasteiger partial charge in [0.2, 0.25) is 23.7 Å². The van der Waals surface area contributed by atoms with Crippen molar-refractivity contribution in [1.29, 1.82) is 0 Å². The van der Waals surface area contributed by atoms with Crippen molar-refractivity contribution in [3.05, 3.63) is 106 Å². The van der Waals surface area contributed by atoms with E-state index in [2.05, 4.69) is 31.0 Å². The molecule has 70 heavy (non-hydrogen) atoms. The Balaban J connectivity index is 1.26. The Kier molecular flexibility index (Phi) is 18.2. The Morgan fingerprint density at radius 3 is 2.03 bits per heavy atom. The SMILES string of the molecule is COc1cc(C)c(S(=O)(=O)NC(N)=NCCC[C@H](NC(=O)OCC2c3ccccc3-c3ccccc32)C(=O)NCC(=O)N[C@@H](CC(=O)NCc2cccc(OC)c2OC)C(=O)OC(C)(C)C)c(C)c1C. The third-order valence-corrected chi connectivity index (χ3v) is 13.0. The zero-order valence-electron chi connectivity index (χ0n) is 40.9. The van der Waals surface area contributed by atoms with Crippen molar-refractivity contribution in [2.75, 3.05) is 41.0 Å². The van der Waals surface area contributed by atoms with Crippen LogP contribution >= 0.6 is 0 Å². The van der Waals surface area contributed by atoms with Gasteiger partial charge >= 0.3 is 12.1 Å². The molecule has 0 bridgehead atoms. The minimum atomic E-state index is -4.16. The maximum absolute atomic E-state index is 13.8. The molecular formula is C50H63N7O12S. The topological polar surface area (TPSA) is 264 Å². The predicted octanol–water partition coefficient (Wildman–Crippen LogP) is 4.57. The molecule has 1 aliphatic carbocycles. The standard InChI is InChI=1S/C50H63N7O12S/c1-29-24-41(66-8)30(2)31(3)45(29)70(63,64)57-48(51)52-23-15-21-38(56-49(62)68-28-37-35-19-12-10-17-33(35)34-18-11-13-20-36(34)37)46(60)54-27-43(59)55-39(47(61)69-50(4,5)6)25-42(58)53-26-32-16-14-22-40(65-7)44(32)67-9/h10-14,16-20,22,24,37-39H,15,21,23,25-28H2,1-9H3,(H,53,58)(H,54,60)(H,55,59)(H,56,62)(H3,51,52,57)/t38-,39-/m0/s1. The quantitative estimate of drug-likeness (QED) is 0.0290. The van der Waals surface area contributed by atoms with Crippen LogP contribution in [0.1, 0.15) is 79.3 Å². The molecule has 0 aliphatic heterocycles. The van der Waals surface area contributed by atoms with E-state index in [9.17, 15) is 32.4 Å². The molecule has 5 rings (SSSR count). The summed E-state index contributed by atoms with van der Waals surface area (Å²) in [6.45, 7) is 9.16. The van der Waals surface area contributed by atoms with Crippen LogP contribution in [0.2, 0.25) is 0 Å². The molecule has 7 N–H and O–H groups in total. The van der Waals surface area contributed by atoms with Gasteiger partial charge in [0, 0.05) is 24.6 Å². The van der Waals surface area contributed by atoms with E-state index in [1.807, 2.05) is 48.5 Å². The van der Waals surface area contributed by atoms with Crippen molar-refractivity contribution in [2.24, 2.45) is 10.7 Å². The van der Waals surface area contributed by atoms with E-state index in [1.54, 1.807) is 65.8 Å². The molecule has 1 aliphatic rings. The molecule has 376 valence electrons. The van der Waals surface area contributed by atoms with Crippen molar-refractivity contribution >= 4 is 45.8 Å². The second kappa shape index (κ2) is 23.8. The van der Waals surface area contributed by atoms with Crippen LogP contribution in [0, 0.1) is 20.8 Å². The number of aliphatic imine (C=N–C) groups is 1. The number of amides is 4. The highest BCUT2D eigenvalue weighted by Gasteiger charge is 2.32. The monoisotopic (exact) mass is 985 g/mol. The first-order chi connectivity index (χ1) is 33.2. The van der Waals surface area contributed by atoms with E-state index in [-0.39, 0.29) is 43.4 Å². The van der Waals surface area contributed by atoms with Crippen molar-refractivity contribution in [3.8, 4) is 28.4 Å². The minimum absolute atomic E-state index is 0.0125. The van der Waals surface area contributed by atoms with E-state index in [1.165, 1.54) is 21.3 Å². The normalized spacial score (nSPS) is 13.1. The lowest BCUT2D eigenvalue weighted by Crippen LogP contribution is -2.52. The van der Waals surface area contributed by atoms with Gasteiger partial charge in [0.25, 0.3) is 10.0 Å². The second-order valence-electron chi connectivity index (χ2n) is 17.5. The molecule has 0 fully saturated rings. The summed E-state index contributed by atoms with van der Waals surface area (Å²) in [6, 6.07) is 19.6. The number of benzene rings is 4. The average molecular weight is 986 g/mol. The van der Waals surface area contributed by atoms with Crippen molar-refractivity contribution < 1.29 is 56.1 Å². The first-order valence-corrected chi connectivity index (χ1v) is 24.0. The smallest absolute Gasteiger partial charge is 0.407 e. The Labute approximate surface area is 408 Å². The van der Waals surface area contributed by atoms with E-state index in [0.717, 1.165) is 22.3 Å². The molecule has 0 radical (unpaired) electrons. The van der Waals surface area contributed by atoms with Gasteiger partial charge in [0.1, 0.15) is 30.0 Å². The van der Waals surface area contributed by atoms with Crippen LogP contribution < -0.4 is 45.9 Å². The van der Waals surface area contributed by atoms with E-state index in [0.29, 0.717) is 39.5 Å². The van der Waals surface area contributed by atoms with Gasteiger partial charge in [-0.25, -0.2) is 22.7 Å². The Bertz CT molecular complexity index is 2670. The van der Waals surface area contributed by atoms with Crippen LogP contribution in [0.4, 0.5) is 4.79 Å². The Morgan fingerprint density at radius 2 is 1.41 bits per heavy atom. The number of methoxy groups -OCH3 is 3.